The molecule has 0 saturated heterocycles. The van der Waals surface area contributed by atoms with Crippen LogP contribution in [0.3, 0.4) is 0 Å². The van der Waals surface area contributed by atoms with E-state index in [1.807, 2.05) is 11.3 Å². The molecule has 13 aromatic carbocycles. The molecule has 4 nitrogen and oxygen atoms in total. The number of nitrogens with zero attached hydrogens (tertiary/aromatic N) is 3. The van der Waals surface area contributed by atoms with E-state index in [-0.39, 0.29) is 0 Å². The van der Waals surface area contributed by atoms with Gasteiger partial charge in [-0.25, -0.2) is 9.98 Å². The van der Waals surface area contributed by atoms with E-state index in [1.54, 1.807) is 0 Å². The predicted molar refractivity (Wildman–Crippen MR) is 356 cm³/mol. The highest BCUT2D eigenvalue weighted by molar-refractivity contribution is 7.25. The largest absolute Gasteiger partial charge is 0.344 e. The van der Waals surface area contributed by atoms with Crippen LogP contribution in [0.25, 0.3) is 125 Å². The Labute approximate surface area is 491 Å². The van der Waals surface area contributed by atoms with E-state index in [0.29, 0.717) is 5.84 Å². The van der Waals surface area contributed by atoms with E-state index in [1.165, 1.54) is 75.1 Å². The van der Waals surface area contributed by atoms with Gasteiger partial charge >= 0.3 is 0 Å². The van der Waals surface area contributed by atoms with Gasteiger partial charge in [0.15, 0.2) is 5.84 Å². The number of amidine groups is 2. The Morgan fingerprint density at radius 2 is 0.821 bits per heavy atom. The fraction of sp³-hybridized carbons (Fsp3) is 0.0127. The summed E-state index contributed by atoms with van der Waals surface area (Å²) in [6.07, 6.45) is -0.425. The second-order valence-corrected chi connectivity index (χ2v) is 22.8. The molecular weight excluding hydrogens is 1040 g/mol. The number of hydrogen-bond donors (Lipinski definition) is 1. The number of fused-ring (bicyclic) bond motifs is 7. The Bertz CT molecular complexity index is 5040. The van der Waals surface area contributed by atoms with Gasteiger partial charge in [-0.3, -0.25) is 0 Å². The number of nitrogens with one attached hydrogen (secondary N) is 1. The Morgan fingerprint density at radius 3 is 1.45 bits per heavy atom. The molecular formula is C79H52N4S. The monoisotopic (exact) mass is 1090 g/mol. The van der Waals surface area contributed by atoms with Crippen LogP contribution in [-0.4, -0.2) is 16.2 Å². The van der Waals surface area contributed by atoms with Crippen molar-refractivity contribution in [2.75, 3.05) is 0 Å². The fourth-order valence-electron chi connectivity index (χ4n) is 12.4. The summed E-state index contributed by atoms with van der Waals surface area (Å²) in [5, 5.41) is 11.2. The molecule has 1 aliphatic heterocycles. The van der Waals surface area contributed by atoms with Crippen molar-refractivity contribution in [3.63, 3.8) is 0 Å². The molecule has 0 fully saturated rings. The number of thiophene rings is 1. The second kappa shape index (κ2) is 20.7. The van der Waals surface area contributed by atoms with E-state index in [0.717, 1.165) is 72.6 Å². The molecule has 3 heterocycles. The Balaban J connectivity index is 0.857. The number of rotatable bonds is 10. The summed E-state index contributed by atoms with van der Waals surface area (Å²) in [5.41, 5.74) is 20.3. The number of aromatic nitrogens is 1. The fourth-order valence-corrected chi connectivity index (χ4v) is 13.5. The van der Waals surface area contributed by atoms with Gasteiger partial charge in [-0.1, -0.05) is 249 Å². The maximum Gasteiger partial charge on any atom is 0.159 e. The predicted octanol–water partition coefficient (Wildman–Crippen LogP) is 20.8. The van der Waals surface area contributed by atoms with Crippen molar-refractivity contribution in [2.24, 2.45) is 9.98 Å². The third kappa shape index (κ3) is 8.87. The lowest BCUT2D eigenvalue weighted by Gasteiger charge is -2.24. The number of aliphatic imine (C=N–C) groups is 2. The van der Waals surface area contributed by atoms with Gasteiger partial charge in [0.2, 0.25) is 0 Å². The first-order valence-corrected chi connectivity index (χ1v) is 29.4. The molecule has 1 N–H and O–H groups in total. The van der Waals surface area contributed by atoms with Gasteiger partial charge < -0.3 is 9.88 Å². The van der Waals surface area contributed by atoms with Crippen molar-refractivity contribution < 1.29 is 0 Å². The van der Waals surface area contributed by atoms with E-state index < -0.39 is 6.17 Å². The summed E-state index contributed by atoms with van der Waals surface area (Å²) in [6.45, 7) is 0. The first-order chi connectivity index (χ1) is 41.6. The molecule has 0 spiro atoms. The summed E-state index contributed by atoms with van der Waals surface area (Å²) < 4.78 is 5.04. The van der Waals surface area contributed by atoms with Crippen LogP contribution in [0.5, 0.6) is 0 Å². The van der Waals surface area contributed by atoms with Crippen LogP contribution in [-0.2, 0) is 0 Å². The van der Waals surface area contributed by atoms with Gasteiger partial charge in [-0.15, -0.1) is 11.3 Å². The van der Waals surface area contributed by atoms with Crippen molar-refractivity contribution in [2.45, 2.75) is 6.17 Å². The molecule has 0 saturated carbocycles. The molecule has 5 heteroatoms. The van der Waals surface area contributed by atoms with Crippen molar-refractivity contribution in [1.82, 2.24) is 9.88 Å². The van der Waals surface area contributed by atoms with Crippen LogP contribution in [0.2, 0.25) is 0 Å². The van der Waals surface area contributed by atoms with Crippen LogP contribution >= 0.6 is 11.3 Å². The SMILES string of the molecule is c1ccc(-c2ccc(-c3ccc(C4=NC(c5ccc(-n6c7cc8ccccc8cc7c7c(-c8ccccc8)cccc76)c(-c6ccc7sc8ccccc8c7c6)c5)=NC(c5ccc(-c6ccc(-c7ccccc7)cc6)cc5)N4)cc3)cc2)cc1. The molecule has 0 amide bonds. The van der Waals surface area contributed by atoms with E-state index in [2.05, 4.69) is 313 Å². The third-order valence-corrected chi connectivity index (χ3v) is 17.9. The lowest BCUT2D eigenvalue weighted by molar-refractivity contribution is 0.674. The van der Waals surface area contributed by atoms with Crippen molar-refractivity contribution in [1.29, 1.82) is 0 Å². The van der Waals surface area contributed by atoms with Crippen LogP contribution in [0, 0.1) is 0 Å². The highest BCUT2D eigenvalue weighted by Gasteiger charge is 2.25. The topological polar surface area (TPSA) is 41.7 Å². The molecule has 0 bridgehead atoms. The zero-order chi connectivity index (χ0) is 55.5. The maximum atomic E-state index is 5.55. The molecule has 1 aliphatic rings. The molecule has 2 aromatic heterocycles. The maximum absolute atomic E-state index is 5.55. The first kappa shape index (κ1) is 49.1. The molecule has 394 valence electrons. The van der Waals surface area contributed by atoms with Gasteiger partial charge in [-0.2, -0.15) is 0 Å². The summed E-state index contributed by atoms with van der Waals surface area (Å²) in [4.78, 5) is 11.0. The van der Waals surface area contributed by atoms with Crippen LogP contribution in [0.15, 0.2) is 313 Å². The minimum Gasteiger partial charge on any atom is -0.344 e. The lowest BCUT2D eigenvalue weighted by Crippen LogP contribution is -2.33. The lowest BCUT2D eigenvalue weighted by atomic mass is 9.97. The van der Waals surface area contributed by atoms with E-state index >= 15 is 0 Å². The second-order valence-electron chi connectivity index (χ2n) is 21.7. The zero-order valence-electron chi connectivity index (χ0n) is 45.7. The molecule has 15 aromatic rings. The first-order valence-electron chi connectivity index (χ1n) is 28.6. The van der Waals surface area contributed by atoms with Crippen LogP contribution < -0.4 is 5.32 Å². The van der Waals surface area contributed by atoms with Crippen molar-refractivity contribution in [3.8, 4) is 72.4 Å². The summed E-state index contributed by atoms with van der Waals surface area (Å²) in [6, 6.07) is 110. The third-order valence-electron chi connectivity index (χ3n) is 16.7. The molecule has 16 rings (SSSR count). The van der Waals surface area contributed by atoms with Crippen molar-refractivity contribution in [3.05, 3.63) is 320 Å². The normalized spacial score (nSPS) is 13.4. The summed E-state index contributed by atoms with van der Waals surface area (Å²) in [7, 11) is 0. The molecule has 0 radical (unpaired) electrons. The van der Waals surface area contributed by atoms with Gasteiger partial charge in [0, 0.05) is 47.6 Å². The van der Waals surface area contributed by atoms with Gasteiger partial charge in [0.05, 0.1) is 16.7 Å². The van der Waals surface area contributed by atoms with Gasteiger partial charge in [0.1, 0.15) is 12.0 Å². The Hall–Kier alpha value is -10.7. The quantitative estimate of drug-likeness (QED) is 0.146. The van der Waals surface area contributed by atoms with Gasteiger partial charge in [0.25, 0.3) is 0 Å². The van der Waals surface area contributed by atoms with Crippen LogP contribution in [0.4, 0.5) is 0 Å². The average molecular weight is 1090 g/mol. The van der Waals surface area contributed by atoms with E-state index in [4.69, 9.17) is 9.98 Å². The standard InChI is InChI=1S/C79H52N4S/c1-4-15-51(16-5-1)53-27-31-55(32-28-53)57-35-39-60(40-36-57)77-80-78(61-41-37-58(38-42-61)56-33-29-54(30-34-56)52-17-6-2-7-18-52)82-79(81-77)65-43-45-71(68(49-65)64-44-46-75-69(48-64)67-23-12-13-26-74(67)84-75)83-72-25-14-24-66(59-19-8-3-9-20-59)76(72)70-47-62-21-10-11-22-63(62)50-73(70)83/h1-50,77H,(H,80,81,82). The van der Waals surface area contributed by atoms with Gasteiger partial charge in [-0.05, 0) is 132 Å². The van der Waals surface area contributed by atoms with Crippen molar-refractivity contribution >= 4 is 75.8 Å². The Kier molecular flexibility index (Phi) is 12.1. The molecule has 1 atom stereocenters. The minimum absolute atomic E-state index is 0.425. The Morgan fingerprint density at radius 1 is 0.321 bits per heavy atom. The van der Waals surface area contributed by atoms with Crippen LogP contribution in [0.1, 0.15) is 22.9 Å². The average Bonchev–Trinajstić information content (AvgIpc) is 3.62. The smallest absolute Gasteiger partial charge is 0.159 e. The summed E-state index contributed by atoms with van der Waals surface area (Å²) in [5.74, 6) is 1.42. The molecule has 84 heavy (non-hydrogen) atoms. The highest BCUT2D eigenvalue weighted by atomic mass is 32.1. The number of hydrogen-bond acceptors (Lipinski definition) is 4. The van der Waals surface area contributed by atoms with E-state index in [9.17, 15) is 0 Å². The molecule has 0 aliphatic carbocycles. The zero-order valence-corrected chi connectivity index (χ0v) is 46.5. The minimum atomic E-state index is -0.425. The molecule has 1 unspecified atom stereocenters. The number of benzene rings is 13. The summed E-state index contributed by atoms with van der Waals surface area (Å²) >= 11 is 1.84. The highest BCUT2D eigenvalue weighted by Crippen LogP contribution is 2.44.